The Labute approximate surface area is 804 Å². The summed E-state index contributed by atoms with van der Waals surface area (Å²) in [5, 5.41) is 16.2. The number of benzene rings is 18. The zero-order valence-electron chi connectivity index (χ0n) is 79.9. The molecule has 0 saturated carbocycles. The Kier molecular flexibility index (Phi) is 24.8. The van der Waals surface area contributed by atoms with E-state index in [-0.39, 0.29) is 10.8 Å². The molecule has 2 nitrogen and oxygen atoms in total. The topological polar surface area (TPSA) is 26.3 Å². The molecule has 6 heteroatoms. The van der Waals surface area contributed by atoms with Gasteiger partial charge < -0.3 is 8.83 Å². The van der Waals surface area contributed by atoms with Crippen LogP contribution in [0.3, 0.4) is 0 Å². The molecule has 0 atom stereocenters. The van der Waals surface area contributed by atoms with Crippen LogP contribution in [0.5, 0.6) is 0 Å². The fourth-order valence-corrected chi connectivity index (χ4v) is 25.4. The number of fused-ring (bicyclic) bond motifs is 24. The molecule has 6 heterocycles. The molecule has 18 aromatic carbocycles. The van der Waals surface area contributed by atoms with E-state index in [2.05, 4.69) is 452 Å². The van der Waals surface area contributed by atoms with Gasteiger partial charge >= 0.3 is 0 Å². The Balaban J connectivity index is 0.0000000995. The van der Waals surface area contributed by atoms with Crippen LogP contribution < -0.4 is 0 Å². The Morgan fingerprint density at radius 3 is 1.10 bits per heavy atom. The van der Waals surface area contributed by atoms with Crippen LogP contribution in [-0.2, 0) is 10.8 Å². The van der Waals surface area contributed by atoms with E-state index < -0.39 is 0 Å². The lowest BCUT2D eigenvalue weighted by molar-refractivity contribution is 0.659. The fraction of sp³-hybridized carbons (Fsp3) is 0.156. The molecular formula is C128H112O2S4. The van der Waals surface area contributed by atoms with Gasteiger partial charge in [0.2, 0.25) is 0 Å². The molecular weight excluding hydrogens is 1700 g/mol. The van der Waals surface area contributed by atoms with Crippen molar-refractivity contribution in [3.05, 3.63) is 474 Å². The van der Waals surface area contributed by atoms with Gasteiger partial charge in [0.25, 0.3) is 0 Å². The minimum atomic E-state index is -0.273. The monoisotopic (exact) mass is 1810 g/mol. The molecule has 0 fully saturated rings. The van der Waals surface area contributed by atoms with E-state index in [1.807, 2.05) is 69.6 Å². The molecule has 0 unspecified atom stereocenters. The average Bonchev–Trinajstić information content (AvgIpc) is 1.54. The molecule has 6 aromatic heterocycles. The zero-order chi connectivity index (χ0) is 93.1. The Morgan fingerprint density at radius 1 is 0.194 bits per heavy atom. The number of aryl methyl sites for hydroxylation is 16. The molecule has 24 aromatic rings. The van der Waals surface area contributed by atoms with Gasteiger partial charge in [-0.15, -0.1) is 45.3 Å². The summed E-state index contributed by atoms with van der Waals surface area (Å²) < 4.78 is 23.1. The molecule has 0 spiro atoms. The van der Waals surface area contributed by atoms with Crippen LogP contribution in [0.2, 0.25) is 0 Å². The predicted octanol–water partition coefficient (Wildman–Crippen LogP) is 38.4. The number of furan rings is 2. The highest BCUT2D eigenvalue weighted by molar-refractivity contribution is 7.27. The highest BCUT2D eigenvalue weighted by Gasteiger charge is 2.46. The van der Waals surface area contributed by atoms with Gasteiger partial charge in [-0.05, 0) is 270 Å². The molecule has 0 amide bonds. The molecule has 2 aliphatic rings. The molecule has 134 heavy (non-hydrogen) atoms. The number of rotatable bonds is 2. The van der Waals surface area contributed by atoms with E-state index in [4.69, 9.17) is 8.83 Å². The first-order valence-corrected chi connectivity index (χ1v) is 49.9. The first-order valence-electron chi connectivity index (χ1n) is 46.6. The second-order valence-electron chi connectivity index (χ2n) is 37.4. The van der Waals surface area contributed by atoms with Crippen molar-refractivity contribution in [3.8, 4) is 22.3 Å². The van der Waals surface area contributed by atoms with Gasteiger partial charge in [0, 0.05) is 108 Å². The normalized spacial score (nSPS) is 12.4. The Bertz CT molecular complexity index is 8080. The second kappa shape index (κ2) is 37.1. The van der Waals surface area contributed by atoms with E-state index >= 15 is 0 Å². The number of para-hydroxylation sites is 2. The van der Waals surface area contributed by atoms with Gasteiger partial charge in [0.1, 0.15) is 22.3 Å². The highest BCUT2D eigenvalue weighted by Crippen LogP contribution is 2.57. The summed E-state index contributed by atoms with van der Waals surface area (Å²) in [5.41, 5.74) is 39.0. The van der Waals surface area contributed by atoms with Crippen LogP contribution in [0.4, 0.5) is 0 Å². The van der Waals surface area contributed by atoms with Crippen LogP contribution in [-0.4, -0.2) is 0 Å². The molecule has 0 aliphatic heterocycles. The molecule has 26 rings (SSSR count). The molecule has 0 saturated heterocycles. The summed E-state index contributed by atoms with van der Waals surface area (Å²) in [6.45, 7) is 39.2. The summed E-state index contributed by atoms with van der Waals surface area (Å²) in [4.78, 5) is 0. The lowest BCUT2D eigenvalue weighted by atomic mass is 9.67. The average molecular weight is 1810 g/mol. The lowest BCUT2D eigenvalue weighted by Crippen LogP contribution is -2.28. The van der Waals surface area contributed by atoms with Crippen LogP contribution in [0.1, 0.15) is 136 Å². The van der Waals surface area contributed by atoms with E-state index in [1.54, 1.807) is 0 Å². The van der Waals surface area contributed by atoms with Gasteiger partial charge in [0.15, 0.2) is 0 Å². The van der Waals surface area contributed by atoms with E-state index in [1.165, 1.54) is 247 Å². The van der Waals surface area contributed by atoms with Crippen molar-refractivity contribution in [1.82, 2.24) is 0 Å². The van der Waals surface area contributed by atoms with E-state index in [0.29, 0.717) is 0 Å². The molecule has 0 N–H and O–H groups in total. The first kappa shape index (κ1) is 89.6. The summed E-state index contributed by atoms with van der Waals surface area (Å²) in [5.74, 6) is 0. The smallest absolute Gasteiger partial charge is 0.138 e. The first-order chi connectivity index (χ1) is 64.8. The summed E-state index contributed by atoms with van der Waals surface area (Å²) in [6, 6.07) is 127. The van der Waals surface area contributed by atoms with Crippen LogP contribution in [0, 0.1) is 111 Å². The third-order valence-electron chi connectivity index (χ3n) is 27.3. The summed E-state index contributed by atoms with van der Waals surface area (Å²) >= 11 is 7.61. The van der Waals surface area contributed by atoms with Gasteiger partial charge in [0.05, 0.1) is 5.41 Å². The number of hydrogen-bond donors (Lipinski definition) is 0. The molecule has 660 valence electrons. The zero-order valence-corrected chi connectivity index (χ0v) is 83.2. The third-order valence-corrected chi connectivity index (χ3v) is 32.5. The molecule has 0 bridgehead atoms. The van der Waals surface area contributed by atoms with Crippen molar-refractivity contribution >= 4 is 170 Å². The second-order valence-corrected chi connectivity index (χ2v) is 41.6. The number of hydrogen-bond acceptors (Lipinski definition) is 6. The lowest BCUT2D eigenvalue weighted by Gasteiger charge is -2.34. The number of thiophene rings is 4. The third kappa shape index (κ3) is 16.7. The van der Waals surface area contributed by atoms with Gasteiger partial charge in [-0.1, -0.05) is 352 Å². The quantitative estimate of drug-likeness (QED) is 0.172. The van der Waals surface area contributed by atoms with Gasteiger partial charge in [-0.25, -0.2) is 0 Å². The molecule has 0 radical (unpaired) electrons. The fourth-order valence-electron chi connectivity index (χ4n) is 20.4. The standard InChI is InChI=1S/C27H22.C17H18.2C14H12O.4C14H12S/c1-19-13-15-23-24-16-14-20(2)18-26(24)27(25(23)17-19,21-9-5-3-6-10-21)22-11-7-4-8-12-22;1-11-5-7-13-14-8-6-12(2)10-16(14)17(3,4)15(13)9-11;1-9-5-4-8-12-13(9)11-7-3-6-10(2)14(11)15-12;1-9-7-8-10(2)14-13(9)11-5-3-4-6-12(11)15-14;1-9-5-4-8-12-13(9)11-7-3-6-10(2)14(11)15-12;1-9-3-5-11-12-6-4-10(2)8-14(12)15-13(11)7-9;1-9-5-3-7-11-12-8-4-6-10(2)14(12)15-13(9)11;1-9-7-8-10(2)14-13(9)11-5-3-4-6-12(11)15-14/h3-18H,1-2H3;5-10H,1-4H3;6*3-8H,1-2H3. The SMILES string of the molecule is Cc1ccc(C)c2c1oc1ccccc12.Cc1ccc(C)c2c1sc1ccccc12.Cc1ccc2c(c1)C(C)(C)c1cc(C)ccc1-2.Cc1ccc2c(c1)C(c1ccccc1)(c1ccccc1)c1cc(C)ccc1-2.Cc1ccc2c(c1)sc1cc(C)ccc12.Cc1cccc2c1oc1cccc(C)c12.Cc1cccc2c1sc1c(C)cccc12.Cc1cccc2c1sc1cccc(C)c12. The predicted molar refractivity (Wildman–Crippen MR) is 588 cm³/mol. The van der Waals surface area contributed by atoms with Gasteiger partial charge in [-0.3, -0.25) is 0 Å². The highest BCUT2D eigenvalue weighted by atomic mass is 32.1. The van der Waals surface area contributed by atoms with Crippen LogP contribution in [0.25, 0.3) is 147 Å². The van der Waals surface area contributed by atoms with Crippen molar-refractivity contribution in [3.63, 3.8) is 0 Å². The van der Waals surface area contributed by atoms with Crippen molar-refractivity contribution in [2.45, 2.75) is 135 Å². The maximum Gasteiger partial charge on any atom is 0.138 e. The van der Waals surface area contributed by atoms with Crippen molar-refractivity contribution < 1.29 is 8.83 Å². The van der Waals surface area contributed by atoms with E-state index in [9.17, 15) is 0 Å². The molecule has 2 aliphatic carbocycles. The van der Waals surface area contributed by atoms with Crippen LogP contribution >= 0.6 is 45.3 Å². The van der Waals surface area contributed by atoms with Crippen molar-refractivity contribution in [2.24, 2.45) is 0 Å². The summed E-state index contributed by atoms with van der Waals surface area (Å²) in [6.07, 6.45) is 0. The largest absolute Gasteiger partial charge is 0.456 e. The maximum atomic E-state index is 5.86. The van der Waals surface area contributed by atoms with Crippen molar-refractivity contribution in [2.75, 3.05) is 0 Å². The summed E-state index contributed by atoms with van der Waals surface area (Å²) in [7, 11) is 0. The van der Waals surface area contributed by atoms with Crippen LogP contribution in [0.15, 0.2) is 361 Å². The van der Waals surface area contributed by atoms with Gasteiger partial charge in [-0.2, -0.15) is 0 Å². The minimum absolute atomic E-state index is 0.142. The van der Waals surface area contributed by atoms with E-state index in [0.717, 1.165) is 22.3 Å². The minimum Gasteiger partial charge on any atom is -0.456 e. The Hall–Kier alpha value is -13.6. The maximum absolute atomic E-state index is 5.86. The Morgan fingerprint density at radius 2 is 0.545 bits per heavy atom. The van der Waals surface area contributed by atoms with Crippen molar-refractivity contribution in [1.29, 1.82) is 0 Å².